The number of para-hydroxylation sites is 2. The molecule has 0 fully saturated rings. The highest BCUT2D eigenvalue weighted by Gasteiger charge is 2.34. The second-order valence-corrected chi connectivity index (χ2v) is 8.35. The molecule has 3 aromatic carbocycles. The summed E-state index contributed by atoms with van der Waals surface area (Å²) in [5.74, 6) is 0.607. The molecule has 0 saturated heterocycles. The SMILES string of the molecule is CC(=O)N1N=C(c2ccccc2)CC1c1cc(-c2cc3ccccc3o2)n(-c2ccccc2)n1. The van der Waals surface area contributed by atoms with E-state index in [2.05, 4.69) is 5.10 Å². The van der Waals surface area contributed by atoms with Gasteiger partial charge in [-0.25, -0.2) is 9.69 Å². The minimum Gasteiger partial charge on any atom is -0.454 e. The summed E-state index contributed by atoms with van der Waals surface area (Å²) >= 11 is 0. The fourth-order valence-corrected chi connectivity index (χ4v) is 4.45. The first-order chi connectivity index (χ1) is 16.7. The molecule has 1 aliphatic rings. The van der Waals surface area contributed by atoms with Gasteiger partial charge in [0.25, 0.3) is 0 Å². The van der Waals surface area contributed by atoms with E-state index >= 15 is 0 Å². The van der Waals surface area contributed by atoms with Crippen LogP contribution in [-0.4, -0.2) is 26.4 Å². The molecule has 0 saturated carbocycles. The molecule has 3 heterocycles. The van der Waals surface area contributed by atoms with Gasteiger partial charge in [0.15, 0.2) is 5.76 Å². The molecule has 5 aromatic rings. The summed E-state index contributed by atoms with van der Waals surface area (Å²) in [6.07, 6.45) is 0.592. The van der Waals surface area contributed by atoms with Gasteiger partial charge in [-0.15, -0.1) is 0 Å². The quantitative estimate of drug-likeness (QED) is 0.341. The first-order valence-electron chi connectivity index (χ1n) is 11.2. The lowest BCUT2D eigenvalue weighted by Crippen LogP contribution is -2.24. The van der Waals surface area contributed by atoms with Crippen LogP contribution in [0.4, 0.5) is 0 Å². The van der Waals surface area contributed by atoms with Crippen molar-refractivity contribution in [2.45, 2.75) is 19.4 Å². The summed E-state index contributed by atoms with van der Waals surface area (Å²) in [4.78, 5) is 12.5. The Kier molecular flexibility index (Phi) is 4.84. The zero-order valence-corrected chi connectivity index (χ0v) is 18.6. The van der Waals surface area contributed by atoms with Crippen molar-refractivity contribution in [2.24, 2.45) is 5.10 Å². The van der Waals surface area contributed by atoms with Crippen molar-refractivity contribution in [1.29, 1.82) is 0 Å². The average molecular weight is 447 g/mol. The maximum absolute atomic E-state index is 12.5. The number of carbonyl (C=O) groups is 1. The van der Waals surface area contributed by atoms with Crippen LogP contribution >= 0.6 is 0 Å². The number of furan rings is 1. The average Bonchev–Trinajstić information content (AvgIpc) is 3.61. The summed E-state index contributed by atoms with van der Waals surface area (Å²) in [7, 11) is 0. The maximum atomic E-state index is 12.5. The predicted octanol–water partition coefficient (Wildman–Crippen LogP) is 5.98. The van der Waals surface area contributed by atoms with Crippen LogP contribution < -0.4 is 0 Å². The normalized spacial score (nSPS) is 15.6. The van der Waals surface area contributed by atoms with Crippen molar-refractivity contribution in [3.8, 4) is 17.1 Å². The van der Waals surface area contributed by atoms with E-state index in [1.807, 2.05) is 102 Å². The third-order valence-electron chi connectivity index (χ3n) is 6.09. The second-order valence-electron chi connectivity index (χ2n) is 8.35. The predicted molar refractivity (Wildman–Crippen MR) is 132 cm³/mol. The van der Waals surface area contributed by atoms with Crippen molar-refractivity contribution >= 4 is 22.6 Å². The number of rotatable bonds is 4. The van der Waals surface area contributed by atoms with E-state index in [-0.39, 0.29) is 11.9 Å². The fourth-order valence-electron chi connectivity index (χ4n) is 4.45. The van der Waals surface area contributed by atoms with Crippen molar-refractivity contribution < 1.29 is 9.21 Å². The minimum absolute atomic E-state index is 0.115. The van der Waals surface area contributed by atoms with E-state index < -0.39 is 0 Å². The third-order valence-corrected chi connectivity index (χ3v) is 6.09. The van der Waals surface area contributed by atoms with Gasteiger partial charge in [0.05, 0.1) is 17.1 Å². The molecule has 6 heteroatoms. The number of benzene rings is 3. The van der Waals surface area contributed by atoms with Crippen LogP contribution in [0, 0.1) is 0 Å². The van der Waals surface area contributed by atoms with E-state index in [0.717, 1.165) is 45.1 Å². The molecule has 6 nitrogen and oxygen atoms in total. The molecule has 0 spiro atoms. The monoisotopic (exact) mass is 446 g/mol. The zero-order valence-electron chi connectivity index (χ0n) is 18.6. The van der Waals surface area contributed by atoms with Crippen molar-refractivity contribution in [3.05, 3.63) is 108 Å². The van der Waals surface area contributed by atoms with Crippen molar-refractivity contribution in [2.75, 3.05) is 0 Å². The Morgan fingerprint density at radius 3 is 2.35 bits per heavy atom. The highest BCUT2D eigenvalue weighted by Crippen LogP contribution is 2.36. The summed E-state index contributed by atoms with van der Waals surface area (Å²) in [6.45, 7) is 1.54. The minimum atomic E-state index is -0.291. The molecular weight excluding hydrogens is 424 g/mol. The molecule has 0 aliphatic carbocycles. The molecule has 0 radical (unpaired) electrons. The van der Waals surface area contributed by atoms with E-state index in [1.54, 1.807) is 11.9 Å². The van der Waals surface area contributed by atoms with Gasteiger partial charge in [-0.1, -0.05) is 66.7 Å². The Morgan fingerprint density at radius 2 is 1.62 bits per heavy atom. The molecule has 6 rings (SSSR count). The van der Waals surface area contributed by atoms with E-state index in [1.165, 1.54) is 0 Å². The van der Waals surface area contributed by atoms with Gasteiger partial charge in [0, 0.05) is 18.7 Å². The highest BCUT2D eigenvalue weighted by molar-refractivity contribution is 6.03. The first-order valence-corrected chi connectivity index (χ1v) is 11.2. The van der Waals surface area contributed by atoms with Crippen LogP contribution in [-0.2, 0) is 4.79 Å². The fraction of sp³-hybridized carbons (Fsp3) is 0.107. The van der Waals surface area contributed by atoms with Crippen molar-refractivity contribution in [3.63, 3.8) is 0 Å². The number of hydrogen-bond donors (Lipinski definition) is 0. The molecule has 1 aliphatic heterocycles. The topological polar surface area (TPSA) is 63.6 Å². The Morgan fingerprint density at radius 1 is 0.912 bits per heavy atom. The van der Waals surface area contributed by atoms with E-state index in [9.17, 15) is 4.79 Å². The number of aromatic nitrogens is 2. The van der Waals surface area contributed by atoms with Gasteiger partial charge in [-0.05, 0) is 35.9 Å². The number of nitrogens with zero attached hydrogens (tertiary/aromatic N) is 4. The summed E-state index contributed by atoms with van der Waals surface area (Å²) in [6, 6.07) is 31.6. The molecule has 2 aromatic heterocycles. The van der Waals surface area contributed by atoms with Crippen LogP contribution in [0.2, 0.25) is 0 Å². The molecule has 34 heavy (non-hydrogen) atoms. The number of amides is 1. The van der Waals surface area contributed by atoms with E-state index in [0.29, 0.717) is 6.42 Å². The third kappa shape index (κ3) is 3.49. The maximum Gasteiger partial charge on any atom is 0.240 e. The van der Waals surface area contributed by atoms with Gasteiger partial charge in [-0.2, -0.15) is 10.2 Å². The van der Waals surface area contributed by atoms with E-state index in [4.69, 9.17) is 9.52 Å². The molecule has 1 atom stereocenters. The first kappa shape index (κ1) is 20.2. The second kappa shape index (κ2) is 8.15. The van der Waals surface area contributed by atoms with Gasteiger partial charge >= 0.3 is 0 Å². The van der Waals surface area contributed by atoms with Gasteiger partial charge in [-0.3, -0.25) is 4.79 Å². The van der Waals surface area contributed by atoms with Crippen LogP contribution in [0.15, 0.2) is 107 Å². The molecule has 1 amide bonds. The number of hydrazone groups is 1. The lowest BCUT2D eigenvalue weighted by Gasteiger charge is -2.17. The van der Waals surface area contributed by atoms with Gasteiger partial charge in [0.2, 0.25) is 5.91 Å². The molecule has 166 valence electrons. The van der Waals surface area contributed by atoms with Gasteiger partial charge < -0.3 is 4.42 Å². The number of hydrogen-bond acceptors (Lipinski definition) is 4. The van der Waals surface area contributed by atoms with Crippen LogP contribution in [0.5, 0.6) is 0 Å². The Balaban J connectivity index is 1.46. The van der Waals surface area contributed by atoms with Crippen LogP contribution in [0.3, 0.4) is 0 Å². The largest absolute Gasteiger partial charge is 0.454 e. The number of carbonyl (C=O) groups excluding carboxylic acids is 1. The van der Waals surface area contributed by atoms with Gasteiger partial charge in [0.1, 0.15) is 17.3 Å². The number of fused-ring (bicyclic) bond motifs is 1. The van der Waals surface area contributed by atoms with Crippen LogP contribution in [0.1, 0.15) is 30.6 Å². The molecule has 0 bridgehead atoms. The molecule has 0 N–H and O–H groups in total. The smallest absolute Gasteiger partial charge is 0.240 e. The van der Waals surface area contributed by atoms with Crippen molar-refractivity contribution in [1.82, 2.24) is 14.8 Å². The lowest BCUT2D eigenvalue weighted by molar-refractivity contribution is -0.130. The molecule has 1 unspecified atom stereocenters. The van der Waals surface area contributed by atoms with Crippen LogP contribution in [0.25, 0.3) is 28.1 Å². The Labute approximate surface area is 196 Å². The Bertz CT molecular complexity index is 1480. The summed E-state index contributed by atoms with van der Waals surface area (Å²) < 4.78 is 8.07. The molecular formula is C28H22N4O2. The highest BCUT2D eigenvalue weighted by atomic mass is 16.3. The standard InChI is InChI=1S/C28H22N4O2/c1-19(33)31-25(17-23(29-31)20-10-4-2-5-11-20)24-18-26(32(30-24)22-13-6-3-7-14-22)28-16-21-12-8-9-15-27(21)34-28/h2-16,18,25H,17H2,1H3. The lowest BCUT2D eigenvalue weighted by atomic mass is 10.0. The Hall–Kier alpha value is -4.45. The summed E-state index contributed by atoms with van der Waals surface area (Å²) in [5, 5.41) is 12.2. The summed E-state index contributed by atoms with van der Waals surface area (Å²) in [5.41, 5.74) is 5.22. The zero-order chi connectivity index (χ0) is 23.1.